The first kappa shape index (κ1) is 14.5. The summed E-state index contributed by atoms with van der Waals surface area (Å²) in [5.74, 6) is -0.520. The summed E-state index contributed by atoms with van der Waals surface area (Å²) in [5.41, 5.74) is 1.60. The minimum Gasteiger partial charge on any atom is -0.465 e. The highest BCUT2D eigenvalue weighted by Crippen LogP contribution is 2.38. The second-order valence-corrected chi connectivity index (χ2v) is 6.50. The Labute approximate surface area is 127 Å². The largest absolute Gasteiger partial charge is 0.465 e. The molecular formula is C15H19NO4S. The molecule has 0 unspecified atom stereocenters. The number of esters is 1. The first-order valence-corrected chi connectivity index (χ1v) is 8.17. The highest BCUT2D eigenvalue weighted by molar-refractivity contribution is 7.17. The Hall–Kier alpha value is -1.40. The van der Waals surface area contributed by atoms with Gasteiger partial charge in [-0.25, -0.2) is 4.79 Å². The molecule has 6 heteroatoms. The molecule has 1 fully saturated rings. The first-order chi connectivity index (χ1) is 10.2. The number of ether oxygens (including phenoxy) is 2. The fourth-order valence-electron chi connectivity index (χ4n) is 2.95. The van der Waals surface area contributed by atoms with Crippen LogP contribution in [0.1, 0.15) is 46.5 Å². The Balaban J connectivity index is 1.88. The Morgan fingerprint density at radius 1 is 1.29 bits per heavy atom. The van der Waals surface area contributed by atoms with Crippen LogP contribution in [0.4, 0.5) is 5.00 Å². The molecule has 21 heavy (non-hydrogen) atoms. The lowest BCUT2D eigenvalue weighted by atomic mass is 9.95. The number of aryl methyl sites for hydroxylation is 1. The number of nitrogens with one attached hydrogen (secondary N) is 1. The maximum atomic E-state index is 12.2. The summed E-state index contributed by atoms with van der Waals surface area (Å²) in [6, 6.07) is 0. The summed E-state index contributed by atoms with van der Waals surface area (Å²) in [5, 5.41) is 3.50. The van der Waals surface area contributed by atoms with Crippen molar-refractivity contribution in [3.8, 4) is 0 Å². The van der Waals surface area contributed by atoms with E-state index in [1.54, 1.807) is 0 Å². The predicted molar refractivity (Wildman–Crippen MR) is 79.9 cm³/mol. The minimum atomic E-state index is -0.394. The first-order valence-electron chi connectivity index (χ1n) is 7.36. The molecule has 1 amide bonds. The van der Waals surface area contributed by atoms with Crippen LogP contribution in [-0.2, 0) is 27.1 Å². The van der Waals surface area contributed by atoms with E-state index < -0.39 is 6.10 Å². The lowest BCUT2D eigenvalue weighted by molar-refractivity contribution is -0.124. The number of hydrogen-bond acceptors (Lipinski definition) is 5. The quantitative estimate of drug-likeness (QED) is 0.871. The van der Waals surface area contributed by atoms with E-state index in [9.17, 15) is 9.59 Å². The molecule has 0 saturated carbocycles. The van der Waals surface area contributed by atoms with Gasteiger partial charge in [0.05, 0.1) is 12.7 Å². The Bertz CT molecular complexity index is 560. The molecule has 0 radical (unpaired) electrons. The van der Waals surface area contributed by atoms with Crippen molar-refractivity contribution >= 4 is 28.2 Å². The van der Waals surface area contributed by atoms with E-state index in [2.05, 4.69) is 5.32 Å². The van der Waals surface area contributed by atoms with Crippen molar-refractivity contribution in [1.82, 2.24) is 0 Å². The molecule has 1 aromatic heterocycles. The third-order valence-electron chi connectivity index (χ3n) is 4.02. The summed E-state index contributed by atoms with van der Waals surface area (Å²) < 4.78 is 10.3. The number of carbonyl (C=O) groups is 2. The summed E-state index contributed by atoms with van der Waals surface area (Å²) in [4.78, 5) is 25.5. The van der Waals surface area contributed by atoms with Gasteiger partial charge in [-0.2, -0.15) is 0 Å². The standard InChI is InChI=1S/C15H19NO4S/c1-19-15(18)12-9-5-2-3-7-11(9)21-14(12)16-13(17)10-6-4-8-20-10/h10H,2-8H2,1H3,(H,16,17)/t10-/m0/s1. The Kier molecular flexibility index (Phi) is 4.26. The highest BCUT2D eigenvalue weighted by atomic mass is 32.1. The molecule has 0 aromatic carbocycles. The van der Waals surface area contributed by atoms with Gasteiger partial charge in [-0.05, 0) is 44.1 Å². The van der Waals surface area contributed by atoms with Gasteiger partial charge >= 0.3 is 5.97 Å². The molecule has 1 aliphatic carbocycles. The lowest BCUT2D eigenvalue weighted by Gasteiger charge is -2.12. The number of anilines is 1. The van der Waals surface area contributed by atoms with Crippen molar-refractivity contribution < 1.29 is 19.1 Å². The monoisotopic (exact) mass is 309 g/mol. The van der Waals surface area contributed by atoms with Gasteiger partial charge in [0.15, 0.2) is 0 Å². The van der Waals surface area contributed by atoms with Crippen LogP contribution in [-0.4, -0.2) is 31.7 Å². The fourth-order valence-corrected chi connectivity index (χ4v) is 4.23. The van der Waals surface area contributed by atoms with Crippen LogP contribution in [0.5, 0.6) is 0 Å². The van der Waals surface area contributed by atoms with Crippen LogP contribution >= 0.6 is 11.3 Å². The smallest absolute Gasteiger partial charge is 0.341 e. The molecule has 5 nitrogen and oxygen atoms in total. The highest BCUT2D eigenvalue weighted by Gasteiger charge is 2.29. The molecule has 1 aromatic rings. The van der Waals surface area contributed by atoms with Gasteiger partial charge < -0.3 is 14.8 Å². The van der Waals surface area contributed by atoms with E-state index in [1.165, 1.54) is 23.3 Å². The number of methoxy groups -OCH3 is 1. The van der Waals surface area contributed by atoms with E-state index in [1.807, 2.05) is 0 Å². The molecule has 1 N–H and O–H groups in total. The Morgan fingerprint density at radius 2 is 2.10 bits per heavy atom. The molecular weight excluding hydrogens is 290 g/mol. The molecule has 0 spiro atoms. The average Bonchev–Trinajstić information content (AvgIpc) is 3.13. The normalized spacial score (nSPS) is 20.9. The molecule has 2 heterocycles. The van der Waals surface area contributed by atoms with Gasteiger partial charge in [-0.15, -0.1) is 11.3 Å². The topological polar surface area (TPSA) is 64.6 Å². The molecule has 0 bridgehead atoms. The zero-order chi connectivity index (χ0) is 14.8. The van der Waals surface area contributed by atoms with Crippen molar-refractivity contribution in [3.05, 3.63) is 16.0 Å². The third-order valence-corrected chi connectivity index (χ3v) is 5.23. The number of amides is 1. The number of rotatable bonds is 3. The van der Waals surface area contributed by atoms with E-state index >= 15 is 0 Å². The molecule has 1 atom stereocenters. The molecule has 3 rings (SSSR count). The summed E-state index contributed by atoms with van der Waals surface area (Å²) in [6.07, 6.45) is 5.31. The van der Waals surface area contributed by atoms with Crippen LogP contribution in [0.2, 0.25) is 0 Å². The fraction of sp³-hybridized carbons (Fsp3) is 0.600. The number of hydrogen-bond donors (Lipinski definition) is 1. The van der Waals surface area contributed by atoms with Crippen LogP contribution in [0, 0.1) is 0 Å². The van der Waals surface area contributed by atoms with E-state index in [0.29, 0.717) is 17.2 Å². The van der Waals surface area contributed by atoms with Crippen molar-refractivity contribution in [1.29, 1.82) is 0 Å². The van der Waals surface area contributed by atoms with Crippen LogP contribution in [0.25, 0.3) is 0 Å². The molecule has 1 aliphatic heterocycles. The maximum Gasteiger partial charge on any atom is 0.341 e. The third kappa shape index (κ3) is 2.82. The van der Waals surface area contributed by atoms with Crippen LogP contribution < -0.4 is 5.32 Å². The predicted octanol–water partition coefficient (Wildman–Crippen LogP) is 2.53. The van der Waals surface area contributed by atoms with Crippen molar-refractivity contribution in [2.75, 3.05) is 19.0 Å². The SMILES string of the molecule is COC(=O)c1c(NC(=O)[C@@H]2CCCO2)sc2c1CCCC2. The van der Waals surface area contributed by atoms with Crippen molar-refractivity contribution in [2.24, 2.45) is 0 Å². The van der Waals surface area contributed by atoms with Crippen LogP contribution in [0.3, 0.4) is 0 Å². The van der Waals surface area contributed by atoms with Gasteiger partial charge in [0, 0.05) is 11.5 Å². The average molecular weight is 309 g/mol. The zero-order valence-corrected chi connectivity index (χ0v) is 12.9. The van der Waals surface area contributed by atoms with E-state index in [4.69, 9.17) is 9.47 Å². The second kappa shape index (κ2) is 6.15. The van der Waals surface area contributed by atoms with Gasteiger partial charge in [0.1, 0.15) is 11.1 Å². The van der Waals surface area contributed by atoms with E-state index in [0.717, 1.165) is 44.1 Å². The van der Waals surface area contributed by atoms with Gasteiger partial charge in [0.25, 0.3) is 5.91 Å². The van der Waals surface area contributed by atoms with Gasteiger partial charge in [-0.1, -0.05) is 0 Å². The summed E-state index contributed by atoms with van der Waals surface area (Å²) >= 11 is 1.50. The molecule has 1 saturated heterocycles. The van der Waals surface area contributed by atoms with Crippen LogP contribution in [0.15, 0.2) is 0 Å². The maximum absolute atomic E-state index is 12.2. The number of fused-ring (bicyclic) bond motifs is 1. The zero-order valence-electron chi connectivity index (χ0n) is 12.1. The van der Waals surface area contributed by atoms with Gasteiger partial charge in [0.2, 0.25) is 0 Å². The van der Waals surface area contributed by atoms with Crippen molar-refractivity contribution in [2.45, 2.75) is 44.6 Å². The summed E-state index contributed by atoms with van der Waals surface area (Å²) in [6.45, 7) is 0.628. The molecule has 114 valence electrons. The van der Waals surface area contributed by atoms with E-state index in [-0.39, 0.29) is 11.9 Å². The Morgan fingerprint density at radius 3 is 2.81 bits per heavy atom. The lowest BCUT2D eigenvalue weighted by Crippen LogP contribution is -2.27. The number of carbonyl (C=O) groups excluding carboxylic acids is 2. The van der Waals surface area contributed by atoms with Gasteiger partial charge in [-0.3, -0.25) is 4.79 Å². The molecule has 2 aliphatic rings. The van der Waals surface area contributed by atoms with Crippen molar-refractivity contribution in [3.63, 3.8) is 0 Å². The summed E-state index contributed by atoms with van der Waals surface area (Å²) in [7, 11) is 1.38. The second-order valence-electron chi connectivity index (χ2n) is 5.40. The number of thiophene rings is 1. The minimum absolute atomic E-state index is 0.156.